The molecule has 0 unspecified atom stereocenters. The van der Waals surface area contributed by atoms with E-state index >= 15 is 0 Å². The summed E-state index contributed by atoms with van der Waals surface area (Å²) in [6.07, 6.45) is 0. The van der Waals surface area contributed by atoms with E-state index in [-0.39, 0.29) is 5.56 Å². The SMILES string of the molecule is O=C(NC(=O)c1ccccc1Cl)Nc1ccc(Br)cc1. The molecule has 6 heteroatoms. The summed E-state index contributed by atoms with van der Waals surface area (Å²) < 4.78 is 0.899. The van der Waals surface area contributed by atoms with E-state index in [1.807, 2.05) is 0 Å². The summed E-state index contributed by atoms with van der Waals surface area (Å²) in [5.74, 6) is -0.551. The highest BCUT2D eigenvalue weighted by molar-refractivity contribution is 9.10. The van der Waals surface area contributed by atoms with Crippen LogP contribution in [0, 0.1) is 0 Å². The first-order valence-electron chi connectivity index (χ1n) is 5.68. The van der Waals surface area contributed by atoms with Gasteiger partial charge < -0.3 is 5.32 Å². The number of amides is 3. The number of rotatable bonds is 2. The number of hydrogen-bond donors (Lipinski definition) is 2. The summed E-state index contributed by atoms with van der Waals surface area (Å²) >= 11 is 9.18. The highest BCUT2D eigenvalue weighted by atomic mass is 79.9. The smallest absolute Gasteiger partial charge is 0.308 e. The van der Waals surface area contributed by atoms with Crippen LogP contribution in [0.2, 0.25) is 5.02 Å². The zero-order chi connectivity index (χ0) is 14.5. The van der Waals surface area contributed by atoms with Gasteiger partial charge in [-0.3, -0.25) is 10.1 Å². The molecule has 102 valence electrons. The minimum Gasteiger partial charge on any atom is -0.308 e. The van der Waals surface area contributed by atoms with E-state index in [4.69, 9.17) is 11.6 Å². The van der Waals surface area contributed by atoms with E-state index in [9.17, 15) is 9.59 Å². The number of carbonyl (C=O) groups excluding carboxylic acids is 2. The maximum Gasteiger partial charge on any atom is 0.326 e. The Morgan fingerprint density at radius 3 is 2.30 bits per heavy atom. The molecule has 0 atom stereocenters. The summed E-state index contributed by atoms with van der Waals surface area (Å²) in [6.45, 7) is 0. The van der Waals surface area contributed by atoms with Gasteiger partial charge in [-0.2, -0.15) is 0 Å². The summed E-state index contributed by atoms with van der Waals surface area (Å²) in [4.78, 5) is 23.6. The Kier molecular flexibility index (Phi) is 4.76. The highest BCUT2D eigenvalue weighted by Gasteiger charge is 2.12. The second kappa shape index (κ2) is 6.54. The summed E-state index contributed by atoms with van der Waals surface area (Å²) in [5.41, 5.74) is 0.831. The van der Waals surface area contributed by atoms with Gasteiger partial charge in [0.1, 0.15) is 0 Å². The van der Waals surface area contributed by atoms with Crippen LogP contribution in [-0.4, -0.2) is 11.9 Å². The minimum atomic E-state index is -0.614. The number of urea groups is 1. The first kappa shape index (κ1) is 14.6. The number of imide groups is 1. The Labute approximate surface area is 129 Å². The predicted octanol–water partition coefficient (Wildman–Crippen LogP) is 4.06. The average molecular weight is 354 g/mol. The average Bonchev–Trinajstić information content (AvgIpc) is 2.41. The van der Waals surface area contributed by atoms with Crippen LogP contribution in [0.1, 0.15) is 10.4 Å². The van der Waals surface area contributed by atoms with Gasteiger partial charge in [-0.25, -0.2) is 4.79 Å². The fraction of sp³-hybridized carbons (Fsp3) is 0. The lowest BCUT2D eigenvalue weighted by Gasteiger charge is -2.07. The van der Waals surface area contributed by atoms with Gasteiger partial charge in [0.2, 0.25) is 0 Å². The molecule has 2 aromatic rings. The second-order valence-electron chi connectivity index (χ2n) is 3.89. The number of nitrogens with one attached hydrogen (secondary N) is 2. The van der Waals surface area contributed by atoms with Crippen molar-refractivity contribution in [3.8, 4) is 0 Å². The monoisotopic (exact) mass is 352 g/mol. The van der Waals surface area contributed by atoms with Crippen LogP contribution in [0.25, 0.3) is 0 Å². The lowest BCUT2D eigenvalue weighted by molar-refractivity contribution is 0.0967. The molecule has 0 aliphatic carbocycles. The van der Waals surface area contributed by atoms with Crippen molar-refractivity contribution in [3.05, 3.63) is 63.6 Å². The lowest BCUT2D eigenvalue weighted by Crippen LogP contribution is -2.34. The van der Waals surface area contributed by atoms with E-state index in [0.717, 1.165) is 4.47 Å². The Morgan fingerprint density at radius 2 is 1.65 bits per heavy atom. The van der Waals surface area contributed by atoms with Crippen molar-refractivity contribution < 1.29 is 9.59 Å². The maximum atomic E-state index is 11.9. The summed E-state index contributed by atoms with van der Waals surface area (Å²) in [5, 5.41) is 5.06. The molecular weight excluding hydrogens is 344 g/mol. The Morgan fingerprint density at radius 1 is 1.00 bits per heavy atom. The normalized spacial score (nSPS) is 9.90. The highest BCUT2D eigenvalue weighted by Crippen LogP contribution is 2.15. The Bertz CT molecular complexity index is 644. The first-order chi connectivity index (χ1) is 9.56. The van der Waals surface area contributed by atoms with Gasteiger partial charge in [0, 0.05) is 10.2 Å². The molecule has 0 spiro atoms. The van der Waals surface area contributed by atoms with Crippen LogP contribution in [0.5, 0.6) is 0 Å². The predicted molar refractivity (Wildman–Crippen MR) is 82.1 cm³/mol. The third-order valence-corrected chi connectivity index (χ3v) is 3.31. The number of halogens is 2. The van der Waals surface area contributed by atoms with Gasteiger partial charge in [-0.05, 0) is 36.4 Å². The number of carbonyl (C=O) groups is 2. The van der Waals surface area contributed by atoms with Gasteiger partial charge in [-0.1, -0.05) is 39.7 Å². The molecule has 0 saturated heterocycles. The molecule has 2 N–H and O–H groups in total. The molecule has 0 bridgehead atoms. The van der Waals surface area contributed by atoms with Gasteiger partial charge in [-0.15, -0.1) is 0 Å². The maximum absolute atomic E-state index is 11.9. The van der Waals surface area contributed by atoms with Crippen LogP contribution in [0.4, 0.5) is 10.5 Å². The van der Waals surface area contributed by atoms with Gasteiger partial charge >= 0.3 is 6.03 Å². The van der Waals surface area contributed by atoms with Crippen LogP contribution >= 0.6 is 27.5 Å². The van der Waals surface area contributed by atoms with E-state index in [0.29, 0.717) is 10.7 Å². The molecule has 0 radical (unpaired) electrons. The van der Waals surface area contributed by atoms with Crippen molar-refractivity contribution in [2.24, 2.45) is 0 Å². The largest absolute Gasteiger partial charge is 0.326 e. The van der Waals surface area contributed by atoms with E-state index in [1.165, 1.54) is 0 Å². The number of anilines is 1. The van der Waals surface area contributed by atoms with Gasteiger partial charge in [0.25, 0.3) is 5.91 Å². The Balaban J connectivity index is 2.00. The zero-order valence-electron chi connectivity index (χ0n) is 10.2. The standard InChI is InChI=1S/C14H10BrClN2O2/c15-9-5-7-10(8-6-9)17-14(20)18-13(19)11-3-1-2-4-12(11)16/h1-8H,(H2,17,18,19,20). The van der Waals surface area contributed by atoms with Crippen LogP contribution in [0.3, 0.4) is 0 Å². The lowest BCUT2D eigenvalue weighted by atomic mass is 10.2. The van der Waals surface area contributed by atoms with Crippen molar-refractivity contribution in [3.63, 3.8) is 0 Å². The van der Waals surface area contributed by atoms with Crippen molar-refractivity contribution in [2.75, 3.05) is 5.32 Å². The van der Waals surface area contributed by atoms with Crippen molar-refractivity contribution >= 4 is 45.2 Å². The zero-order valence-corrected chi connectivity index (χ0v) is 12.5. The third kappa shape index (κ3) is 3.82. The first-order valence-corrected chi connectivity index (χ1v) is 6.86. The van der Waals surface area contributed by atoms with Crippen LogP contribution < -0.4 is 10.6 Å². The fourth-order valence-corrected chi connectivity index (χ4v) is 2.00. The minimum absolute atomic E-state index is 0.250. The van der Waals surface area contributed by atoms with E-state index < -0.39 is 11.9 Å². The third-order valence-electron chi connectivity index (χ3n) is 2.45. The second-order valence-corrected chi connectivity index (χ2v) is 5.22. The van der Waals surface area contributed by atoms with Crippen LogP contribution in [-0.2, 0) is 0 Å². The number of benzene rings is 2. The number of hydrogen-bond acceptors (Lipinski definition) is 2. The molecule has 2 rings (SSSR count). The summed E-state index contributed by atoms with van der Waals surface area (Å²) in [6, 6.07) is 12.9. The Hall–Kier alpha value is -1.85. The molecule has 0 aliphatic rings. The molecule has 20 heavy (non-hydrogen) atoms. The van der Waals surface area contributed by atoms with Gasteiger partial charge in [0.15, 0.2) is 0 Å². The van der Waals surface area contributed by atoms with E-state index in [2.05, 4.69) is 26.6 Å². The molecule has 0 heterocycles. The topological polar surface area (TPSA) is 58.2 Å². The van der Waals surface area contributed by atoms with Crippen LogP contribution in [0.15, 0.2) is 53.0 Å². The van der Waals surface area contributed by atoms with Gasteiger partial charge in [0.05, 0.1) is 10.6 Å². The molecule has 4 nitrogen and oxygen atoms in total. The molecule has 0 aromatic heterocycles. The summed E-state index contributed by atoms with van der Waals surface area (Å²) in [7, 11) is 0. The fourth-order valence-electron chi connectivity index (χ4n) is 1.51. The molecule has 0 fully saturated rings. The molecule has 0 saturated carbocycles. The van der Waals surface area contributed by atoms with E-state index in [1.54, 1.807) is 48.5 Å². The molecule has 3 amide bonds. The van der Waals surface area contributed by atoms with Crippen molar-refractivity contribution in [1.82, 2.24) is 5.32 Å². The quantitative estimate of drug-likeness (QED) is 0.855. The molecule has 2 aromatic carbocycles. The molecular formula is C14H10BrClN2O2. The van der Waals surface area contributed by atoms with Crippen molar-refractivity contribution in [2.45, 2.75) is 0 Å². The van der Waals surface area contributed by atoms with Crippen molar-refractivity contribution in [1.29, 1.82) is 0 Å². The molecule has 0 aliphatic heterocycles.